The molecule has 1 atom stereocenters. The summed E-state index contributed by atoms with van der Waals surface area (Å²) < 4.78 is 5.49. The van der Waals surface area contributed by atoms with Crippen molar-refractivity contribution < 1.29 is 24.2 Å². The topological polar surface area (TPSA) is 108 Å². The number of alkyl carbamates (subject to hydrolysis) is 1. The van der Waals surface area contributed by atoms with Crippen LogP contribution < -0.4 is 10.6 Å². The Bertz CT molecular complexity index is 973. The third kappa shape index (κ3) is 5.08. The second-order valence-electron chi connectivity index (χ2n) is 8.70. The monoisotopic (exact) mass is 439 g/mol. The number of carboxylic acids is 1. The largest absolute Gasteiger partial charge is 0.480 e. The SMILES string of the molecule is CN(C)CC(NC(=O)C(C)(C)NC(=O)OCC1c2ccccc2-c2ccccc21)C(=O)O. The number of fused-ring (bicyclic) bond motifs is 3. The van der Waals surface area contributed by atoms with E-state index >= 15 is 0 Å². The van der Waals surface area contributed by atoms with Crippen LogP contribution in [0.3, 0.4) is 0 Å². The van der Waals surface area contributed by atoms with Crippen LogP contribution in [0.2, 0.25) is 0 Å². The number of carboxylic acid groups (broad SMARTS) is 1. The zero-order chi connectivity index (χ0) is 23.5. The molecule has 0 saturated carbocycles. The minimum Gasteiger partial charge on any atom is -0.480 e. The maximum atomic E-state index is 12.6. The molecule has 2 amide bonds. The molecule has 0 bridgehead atoms. The molecule has 8 nitrogen and oxygen atoms in total. The van der Waals surface area contributed by atoms with Gasteiger partial charge in [-0.2, -0.15) is 0 Å². The lowest BCUT2D eigenvalue weighted by Crippen LogP contribution is -2.59. The van der Waals surface area contributed by atoms with Gasteiger partial charge in [0.15, 0.2) is 0 Å². The highest BCUT2D eigenvalue weighted by Gasteiger charge is 2.34. The third-order valence-corrected chi connectivity index (χ3v) is 5.48. The van der Waals surface area contributed by atoms with Gasteiger partial charge in [-0.3, -0.25) is 4.79 Å². The minimum atomic E-state index is -1.36. The normalized spacial score (nSPS) is 13.8. The average Bonchev–Trinajstić information content (AvgIpc) is 3.05. The molecule has 3 N–H and O–H groups in total. The summed E-state index contributed by atoms with van der Waals surface area (Å²) in [4.78, 5) is 38.2. The first-order chi connectivity index (χ1) is 15.1. The van der Waals surface area contributed by atoms with Gasteiger partial charge < -0.3 is 25.4 Å². The van der Waals surface area contributed by atoms with E-state index in [0.29, 0.717) is 0 Å². The van der Waals surface area contributed by atoms with Crippen molar-refractivity contribution in [2.45, 2.75) is 31.3 Å². The van der Waals surface area contributed by atoms with Gasteiger partial charge in [0.2, 0.25) is 5.91 Å². The van der Waals surface area contributed by atoms with E-state index in [1.165, 1.54) is 13.8 Å². The van der Waals surface area contributed by atoms with Crippen molar-refractivity contribution in [3.05, 3.63) is 59.7 Å². The van der Waals surface area contributed by atoms with Gasteiger partial charge in [-0.25, -0.2) is 9.59 Å². The Hall–Kier alpha value is -3.39. The summed E-state index contributed by atoms with van der Waals surface area (Å²) in [6.07, 6.45) is -0.744. The number of hydrogen-bond donors (Lipinski definition) is 3. The number of ether oxygens (including phenoxy) is 1. The molecule has 0 radical (unpaired) electrons. The summed E-state index contributed by atoms with van der Waals surface area (Å²) in [7, 11) is 3.42. The fraction of sp³-hybridized carbons (Fsp3) is 0.375. The summed E-state index contributed by atoms with van der Waals surface area (Å²) >= 11 is 0. The Balaban J connectivity index is 1.63. The van der Waals surface area contributed by atoms with Crippen LogP contribution in [0.15, 0.2) is 48.5 Å². The Morgan fingerprint density at radius 3 is 2.06 bits per heavy atom. The fourth-order valence-electron chi connectivity index (χ4n) is 3.84. The molecule has 0 saturated heterocycles. The number of aliphatic carboxylic acids is 1. The van der Waals surface area contributed by atoms with Crippen LogP contribution in [0, 0.1) is 0 Å². The van der Waals surface area contributed by atoms with Crippen molar-refractivity contribution in [2.24, 2.45) is 0 Å². The molecule has 3 rings (SSSR count). The highest BCUT2D eigenvalue weighted by molar-refractivity contribution is 5.92. The number of likely N-dealkylation sites (N-methyl/N-ethyl adjacent to an activating group) is 1. The fourth-order valence-corrected chi connectivity index (χ4v) is 3.84. The van der Waals surface area contributed by atoms with Gasteiger partial charge in [-0.15, -0.1) is 0 Å². The molecule has 2 aromatic carbocycles. The number of amides is 2. The number of carbonyl (C=O) groups excluding carboxylic acids is 2. The van der Waals surface area contributed by atoms with E-state index < -0.39 is 29.6 Å². The highest BCUT2D eigenvalue weighted by Crippen LogP contribution is 2.44. The van der Waals surface area contributed by atoms with Gasteiger partial charge in [0.25, 0.3) is 0 Å². The van der Waals surface area contributed by atoms with E-state index in [0.717, 1.165) is 22.3 Å². The zero-order valence-corrected chi connectivity index (χ0v) is 18.7. The number of rotatable bonds is 8. The molecule has 0 aromatic heterocycles. The van der Waals surface area contributed by atoms with Crippen LogP contribution in [0.5, 0.6) is 0 Å². The lowest BCUT2D eigenvalue weighted by molar-refractivity contribution is -0.143. The Labute approximate surface area is 187 Å². The quantitative estimate of drug-likeness (QED) is 0.583. The van der Waals surface area contributed by atoms with Crippen molar-refractivity contribution in [3.8, 4) is 11.1 Å². The molecular weight excluding hydrogens is 410 g/mol. The number of carbonyl (C=O) groups is 3. The molecule has 170 valence electrons. The van der Waals surface area contributed by atoms with Gasteiger partial charge >= 0.3 is 12.1 Å². The van der Waals surface area contributed by atoms with E-state index in [9.17, 15) is 19.5 Å². The van der Waals surface area contributed by atoms with E-state index in [1.807, 2.05) is 48.5 Å². The van der Waals surface area contributed by atoms with Crippen LogP contribution >= 0.6 is 0 Å². The predicted molar refractivity (Wildman–Crippen MR) is 120 cm³/mol. The van der Waals surface area contributed by atoms with Crippen LogP contribution in [0.25, 0.3) is 11.1 Å². The van der Waals surface area contributed by atoms with Gasteiger partial charge in [-0.05, 0) is 50.2 Å². The lowest BCUT2D eigenvalue weighted by Gasteiger charge is -2.28. The highest BCUT2D eigenvalue weighted by atomic mass is 16.5. The molecular formula is C24H29N3O5. The van der Waals surface area contributed by atoms with E-state index in [4.69, 9.17) is 4.74 Å². The molecule has 1 aliphatic rings. The van der Waals surface area contributed by atoms with Crippen molar-refractivity contribution in [2.75, 3.05) is 27.2 Å². The predicted octanol–water partition coefficient (Wildman–Crippen LogP) is 2.43. The minimum absolute atomic E-state index is 0.0958. The first-order valence-corrected chi connectivity index (χ1v) is 10.4. The first kappa shape index (κ1) is 23.3. The average molecular weight is 440 g/mol. The van der Waals surface area contributed by atoms with Crippen LogP contribution in [-0.4, -0.2) is 66.8 Å². The van der Waals surface area contributed by atoms with E-state index in [2.05, 4.69) is 10.6 Å². The maximum Gasteiger partial charge on any atom is 0.408 e. The molecule has 0 fully saturated rings. The molecule has 1 aliphatic carbocycles. The van der Waals surface area contributed by atoms with Crippen LogP contribution in [0.1, 0.15) is 30.9 Å². The number of hydrogen-bond acceptors (Lipinski definition) is 5. The first-order valence-electron chi connectivity index (χ1n) is 10.4. The molecule has 2 aromatic rings. The second kappa shape index (κ2) is 9.40. The Kier molecular flexibility index (Phi) is 6.84. The van der Waals surface area contributed by atoms with Crippen molar-refractivity contribution in [3.63, 3.8) is 0 Å². The van der Waals surface area contributed by atoms with Gasteiger partial charge in [0, 0.05) is 12.5 Å². The lowest BCUT2D eigenvalue weighted by atomic mass is 9.98. The standard InChI is InChI=1S/C24H29N3O5/c1-24(2,22(30)25-20(21(28)29)13-27(3)4)26-23(31)32-14-19-17-11-7-5-9-15(17)16-10-6-8-12-18(16)19/h5-12,19-20H,13-14H2,1-4H3,(H,25,30)(H,26,31)(H,28,29). The van der Waals surface area contributed by atoms with Crippen molar-refractivity contribution in [1.82, 2.24) is 15.5 Å². The molecule has 8 heteroatoms. The third-order valence-electron chi connectivity index (χ3n) is 5.48. The summed E-state index contributed by atoms with van der Waals surface area (Å²) in [5.41, 5.74) is 3.07. The number of benzene rings is 2. The molecule has 32 heavy (non-hydrogen) atoms. The summed E-state index contributed by atoms with van der Waals surface area (Å²) in [6, 6.07) is 14.9. The molecule has 0 spiro atoms. The molecule has 0 aliphatic heterocycles. The van der Waals surface area contributed by atoms with Gasteiger partial charge in [-0.1, -0.05) is 48.5 Å². The van der Waals surface area contributed by atoms with Crippen molar-refractivity contribution >= 4 is 18.0 Å². The Morgan fingerprint density at radius 1 is 1.03 bits per heavy atom. The molecule has 0 heterocycles. The van der Waals surface area contributed by atoms with Crippen molar-refractivity contribution in [1.29, 1.82) is 0 Å². The summed E-state index contributed by atoms with van der Waals surface area (Å²) in [5.74, 6) is -1.86. The van der Waals surface area contributed by atoms with Crippen LogP contribution in [-0.2, 0) is 14.3 Å². The maximum absolute atomic E-state index is 12.6. The number of nitrogens with one attached hydrogen (secondary N) is 2. The zero-order valence-electron chi connectivity index (χ0n) is 18.7. The van der Waals surface area contributed by atoms with Crippen LogP contribution in [0.4, 0.5) is 4.79 Å². The van der Waals surface area contributed by atoms with Gasteiger partial charge in [0.05, 0.1) is 0 Å². The smallest absolute Gasteiger partial charge is 0.408 e. The number of nitrogens with zero attached hydrogens (tertiary/aromatic N) is 1. The second-order valence-corrected chi connectivity index (χ2v) is 8.70. The summed E-state index contributed by atoms with van der Waals surface area (Å²) in [6.45, 7) is 3.24. The summed E-state index contributed by atoms with van der Waals surface area (Å²) in [5, 5.41) is 14.3. The van der Waals surface area contributed by atoms with Gasteiger partial charge in [0.1, 0.15) is 18.2 Å². The molecule has 1 unspecified atom stereocenters. The van der Waals surface area contributed by atoms with E-state index in [-0.39, 0.29) is 19.1 Å². The van der Waals surface area contributed by atoms with E-state index in [1.54, 1.807) is 19.0 Å². The Morgan fingerprint density at radius 2 is 1.56 bits per heavy atom.